The molecule has 1 unspecified atom stereocenters. The summed E-state index contributed by atoms with van der Waals surface area (Å²) in [5.74, 6) is -1.00. The molecular weight excluding hydrogens is 206 g/mol. The van der Waals surface area contributed by atoms with Crippen LogP contribution in [0.2, 0.25) is 0 Å². The van der Waals surface area contributed by atoms with Gasteiger partial charge in [0, 0.05) is 10.8 Å². The number of carbonyl (C=O) groups is 1. The molecule has 0 bridgehead atoms. The molecule has 16 heavy (non-hydrogen) atoms. The molecule has 0 radical (unpaired) electrons. The molecule has 2 aromatic rings. The monoisotopic (exact) mass is 217 g/mol. The van der Waals surface area contributed by atoms with Gasteiger partial charge in [0.1, 0.15) is 6.04 Å². The van der Waals surface area contributed by atoms with Crippen molar-refractivity contribution in [2.24, 2.45) is 5.73 Å². The maximum atomic E-state index is 10.7. The van der Waals surface area contributed by atoms with Crippen LogP contribution >= 0.6 is 0 Å². The molecule has 2 rings (SSSR count). The molecule has 0 saturated carbocycles. The quantitative estimate of drug-likeness (QED) is 0.785. The highest BCUT2D eigenvalue weighted by Crippen LogP contribution is 2.17. The average molecular weight is 217 g/mol. The van der Waals surface area contributed by atoms with Crippen LogP contribution in [0, 0.1) is 0 Å². The molecule has 0 saturated heterocycles. The second kappa shape index (κ2) is 4.24. The van der Waals surface area contributed by atoms with Crippen molar-refractivity contribution in [3.8, 4) is 0 Å². The molecule has 0 spiro atoms. The van der Waals surface area contributed by atoms with E-state index in [1.165, 1.54) is 0 Å². The molecule has 1 heterocycles. The van der Waals surface area contributed by atoms with Gasteiger partial charge in [-0.1, -0.05) is 18.2 Å². The minimum absolute atomic E-state index is 0.290. The normalized spacial score (nSPS) is 12.6. The van der Waals surface area contributed by atoms with E-state index in [-0.39, 0.29) is 0 Å². The van der Waals surface area contributed by atoms with E-state index in [9.17, 15) is 4.79 Å². The first-order chi connectivity index (χ1) is 7.68. The minimum Gasteiger partial charge on any atom is -0.480 e. The van der Waals surface area contributed by atoms with Gasteiger partial charge in [0.2, 0.25) is 0 Å². The van der Waals surface area contributed by atoms with Crippen molar-refractivity contribution in [1.82, 2.24) is 10.2 Å². The molecule has 1 atom stereocenters. The number of fused-ring (bicyclic) bond motifs is 1. The summed E-state index contributed by atoms with van der Waals surface area (Å²) < 4.78 is 0. The lowest BCUT2D eigenvalue weighted by Crippen LogP contribution is -2.32. The number of nitrogens with two attached hydrogens (primary N) is 1. The van der Waals surface area contributed by atoms with Crippen molar-refractivity contribution in [2.45, 2.75) is 12.5 Å². The highest BCUT2D eigenvalue weighted by molar-refractivity contribution is 5.85. The molecular formula is C11H11N3O2. The summed E-state index contributed by atoms with van der Waals surface area (Å²) in [6, 6.07) is 4.72. The van der Waals surface area contributed by atoms with Crippen LogP contribution in [0.1, 0.15) is 5.56 Å². The number of aliphatic carboxylic acids is 1. The van der Waals surface area contributed by atoms with Crippen LogP contribution in [0.3, 0.4) is 0 Å². The van der Waals surface area contributed by atoms with Gasteiger partial charge in [0.15, 0.2) is 0 Å². The topological polar surface area (TPSA) is 89.1 Å². The van der Waals surface area contributed by atoms with Crippen LogP contribution < -0.4 is 5.73 Å². The Balaban J connectivity index is 2.41. The number of benzene rings is 1. The van der Waals surface area contributed by atoms with Crippen molar-refractivity contribution in [1.29, 1.82) is 0 Å². The van der Waals surface area contributed by atoms with Gasteiger partial charge in [-0.2, -0.15) is 10.2 Å². The van der Waals surface area contributed by atoms with E-state index in [4.69, 9.17) is 10.8 Å². The lowest BCUT2D eigenvalue weighted by atomic mass is 10.0. The van der Waals surface area contributed by atoms with E-state index in [1.54, 1.807) is 12.4 Å². The Morgan fingerprint density at radius 1 is 1.38 bits per heavy atom. The standard InChI is InChI=1S/C11H11N3O2/c12-10(11(15)16)4-7-2-1-3-8-5-13-14-6-9(7)8/h1-3,5-6,10H,4,12H2,(H,15,16). The Hall–Kier alpha value is -2.01. The number of hydrogen-bond donors (Lipinski definition) is 2. The fourth-order valence-electron chi connectivity index (χ4n) is 1.59. The lowest BCUT2D eigenvalue weighted by Gasteiger charge is -2.08. The summed E-state index contributed by atoms with van der Waals surface area (Å²) in [7, 11) is 0. The molecule has 1 aromatic heterocycles. The number of hydrogen-bond acceptors (Lipinski definition) is 4. The van der Waals surface area contributed by atoms with Crippen LogP contribution in [0.4, 0.5) is 0 Å². The summed E-state index contributed by atoms with van der Waals surface area (Å²) in [6.07, 6.45) is 3.56. The molecule has 0 fully saturated rings. The zero-order chi connectivity index (χ0) is 11.5. The van der Waals surface area contributed by atoms with Crippen molar-refractivity contribution >= 4 is 16.7 Å². The molecule has 5 nitrogen and oxygen atoms in total. The molecule has 3 N–H and O–H groups in total. The van der Waals surface area contributed by atoms with Crippen molar-refractivity contribution in [3.63, 3.8) is 0 Å². The Bertz CT molecular complexity index is 522. The Morgan fingerprint density at radius 3 is 2.88 bits per heavy atom. The van der Waals surface area contributed by atoms with Crippen molar-refractivity contribution in [3.05, 3.63) is 36.2 Å². The third-order valence-electron chi connectivity index (χ3n) is 2.44. The number of carboxylic acids is 1. The third-order valence-corrected chi connectivity index (χ3v) is 2.44. The number of aromatic nitrogens is 2. The second-order valence-corrected chi connectivity index (χ2v) is 3.56. The van der Waals surface area contributed by atoms with Gasteiger partial charge in [0.05, 0.1) is 12.4 Å². The Labute approximate surface area is 91.9 Å². The fraction of sp³-hybridized carbons (Fsp3) is 0.182. The maximum absolute atomic E-state index is 10.7. The van der Waals surface area contributed by atoms with E-state index < -0.39 is 12.0 Å². The summed E-state index contributed by atoms with van der Waals surface area (Å²) >= 11 is 0. The van der Waals surface area contributed by atoms with Crippen LogP contribution in [-0.4, -0.2) is 27.3 Å². The molecule has 0 aliphatic heterocycles. The molecule has 0 amide bonds. The predicted molar refractivity (Wildman–Crippen MR) is 58.9 cm³/mol. The van der Waals surface area contributed by atoms with Crippen molar-refractivity contribution < 1.29 is 9.90 Å². The van der Waals surface area contributed by atoms with Gasteiger partial charge in [-0.3, -0.25) is 4.79 Å². The van der Waals surface area contributed by atoms with Crippen LogP contribution in [0.15, 0.2) is 30.6 Å². The molecule has 0 aliphatic rings. The highest BCUT2D eigenvalue weighted by atomic mass is 16.4. The molecule has 0 aliphatic carbocycles. The number of rotatable bonds is 3. The molecule has 5 heteroatoms. The first kappa shape index (κ1) is 10.5. The highest BCUT2D eigenvalue weighted by Gasteiger charge is 2.13. The predicted octanol–water partition coefficient (Wildman–Crippen LogP) is 0.584. The van der Waals surface area contributed by atoms with Crippen molar-refractivity contribution in [2.75, 3.05) is 0 Å². The van der Waals surface area contributed by atoms with E-state index >= 15 is 0 Å². The van der Waals surface area contributed by atoms with Gasteiger partial charge < -0.3 is 10.8 Å². The largest absolute Gasteiger partial charge is 0.480 e. The number of nitrogens with zero attached hydrogens (tertiary/aromatic N) is 2. The van der Waals surface area contributed by atoms with Crippen LogP contribution in [-0.2, 0) is 11.2 Å². The smallest absolute Gasteiger partial charge is 0.320 e. The Morgan fingerprint density at radius 2 is 2.12 bits per heavy atom. The number of carboxylic acid groups (broad SMARTS) is 1. The van der Waals surface area contributed by atoms with Gasteiger partial charge in [-0.15, -0.1) is 0 Å². The fourth-order valence-corrected chi connectivity index (χ4v) is 1.59. The van der Waals surface area contributed by atoms with Crippen LogP contribution in [0.25, 0.3) is 10.8 Å². The molecule has 1 aromatic carbocycles. The van der Waals surface area contributed by atoms with E-state index in [1.807, 2.05) is 18.2 Å². The van der Waals surface area contributed by atoms with Gasteiger partial charge in [-0.05, 0) is 12.0 Å². The first-order valence-corrected chi connectivity index (χ1v) is 4.85. The van der Waals surface area contributed by atoms with Gasteiger partial charge >= 0.3 is 5.97 Å². The summed E-state index contributed by atoms with van der Waals surface area (Å²) in [6.45, 7) is 0. The molecule has 82 valence electrons. The summed E-state index contributed by atoms with van der Waals surface area (Å²) in [5.41, 5.74) is 6.38. The van der Waals surface area contributed by atoms with Crippen LogP contribution in [0.5, 0.6) is 0 Å². The second-order valence-electron chi connectivity index (χ2n) is 3.56. The van der Waals surface area contributed by atoms with E-state index in [2.05, 4.69) is 10.2 Å². The summed E-state index contributed by atoms with van der Waals surface area (Å²) in [4.78, 5) is 10.7. The van der Waals surface area contributed by atoms with Gasteiger partial charge in [0.25, 0.3) is 0 Å². The zero-order valence-electron chi connectivity index (χ0n) is 8.50. The first-order valence-electron chi connectivity index (χ1n) is 4.85. The maximum Gasteiger partial charge on any atom is 0.320 e. The van der Waals surface area contributed by atoms with E-state index in [0.29, 0.717) is 6.42 Å². The Kier molecular flexibility index (Phi) is 2.78. The van der Waals surface area contributed by atoms with Gasteiger partial charge in [-0.25, -0.2) is 0 Å². The lowest BCUT2D eigenvalue weighted by molar-refractivity contribution is -0.138. The van der Waals surface area contributed by atoms with E-state index in [0.717, 1.165) is 16.3 Å². The summed E-state index contributed by atoms with van der Waals surface area (Å²) in [5, 5.41) is 18.2. The minimum atomic E-state index is -1.00. The zero-order valence-corrected chi connectivity index (χ0v) is 8.50. The third kappa shape index (κ3) is 1.99. The average Bonchev–Trinajstić information content (AvgIpc) is 2.29. The SMILES string of the molecule is NC(Cc1cccc2cnncc12)C(=O)O.